The summed E-state index contributed by atoms with van der Waals surface area (Å²) >= 11 is 0. The first-order chi connectivity index (χ1) is 10.1. The summed E-state index contributed by atoms with van der Waals surface area (Å²) in [6.45, 7) is 5.95. The molecular weight excluding hydrogens is 264 g/mol. The molecule has 0 aromatic carbocycles. The highest BCUT2D eigenvalue weighted by molar-refractivity contribution is 6.07. The van der Waals surface area contributed by atoms with Gasteiger partial charge in [0.25, 0.3) is 0 Å². The highest BCUT2D eigenvalue weighted by Gasteiger charge is 2.57. The zero-order valence-electron chi connectivity index (χ0n) is 13.4. The van der Waals surface area contributed by atoms with Crippen molar-refractivity contribution in [3.05, 3.63) is 11.6 Å². The fourth-order valence-corrected chi connectivity index (χ4v) is 3.11. The van der Waals surface area contributed by atoms with E-state index >= 15 is 0 Å². The Labute approximate surface area is 128 Å². The third-order valence-electron chi connectivity index (χ3n) is 4.76. The summed E-state index contributed by atoms with van der Waals surface area (Å²) < 4.78 is 0. The van der Waals surface area contributed by atoms with Crippen LogP contribution in [0.25, 0.3) is 0 Å². The van der Waals surface area contributed by atoms with Crippen molar-refractivity contribution in [1.29, 1.82) is 0 Å². The number of hydrogen-bond donors (Lipinski definition) is 1. The van der Waals surface area contributed by atoms with E-state index < -0.39 is 5.41 Å². The van der Waals surface area contributed by atoms with Gasteiger partial charge >= 0.3 is 0 Å². The van der Waals surface area contributed by atoms with Gasteiger partial charge in [-0.15, -0.1) is 0 Å². The number of carbonyl (C=O) groups excluding carboxylic acids is 2. The monoisotopic (exact) mass is 292 g/mol. The quantitative estimate of drug-likeness (QED) is 0.579. The molecule has 0 atom stereocenters. The largest absolute Gasteiger partial charge is 0.355 e. The summed E-state index contributed by atoms with van der Waals surface area (Å²) in [7, 11) is 0. The van der Waals surface area contributed by atoms with Crippen molar-refractivity contribution in [1.82, 2.24) is 10.2 Å². The summed E-state index contributed by atoms with van der Waals surface area (Å²) in [6.07, 6.45) is 9.55. The molecule has 0 saturated heterocycles. The van der Waals surface area contributed by atoms with Crippen LogP contribution >= 0.6 is 0 Å². The second-order valence-corrected chi connectivity index (χ2v) is 6.17. The molecule has 0 unspecified atom stereocenters. The highest BCUT2D eigenvalue weighted by atomic mass is 16.2. The van der Waals surface area contributed by atoms with E-state index in [0.717, 1.165) is 6.42 Å². The Morgan fingerprint density at radius 2 is 1.95 bits per heavy atom. The van der Waals surface area contributed by atoms with Gasteiger partial charge in [-0.25, -0.2) is 0 Å². The maximum atomic E-state index is 12.4. The second-order valence-electron chi connectivity index (χ2n) is 6.17. The predicted molar refractivity (Wildman–Crippen MR) is 83.8 cm³/mol. The maximum Gasteiger partial charge on any atom is 0.238 e. The van der Waals surface area contributed by atoms with Gasteiger partial charge in [-0.05, 0) is 58.8 Å². The molecule has 4 nitrogen and oxygen atoms in total. The van der Waals surface area contributed by atoms with Gasteiger partial charge in [0, 0.05) is 19.6 Å². The Morgan fingerprint density at radius 1 is 1.24 bits per heavy atom. The lowest BCUT2D eigenvalue weighted by atomic mass is 9.97. The molecule has 1 saturated carbocycles. The zero-order valence-corrected chi connectivity index (χ0v) is 13.4. The molecule has 0 aliphatic heterocycles. The van der Waals surface area contributed by atoms with E-state index in [9.17, 15) is 9.59 Å². The molecule has 2 amide bonds. The molecule has 2 rings (SSSR count). The van der Waals surface area contributed by atoms with Crippen LogP contribution in [-0.4, -0.2) is 36.3 Å². The van der Waals surface area contributed by atoms with Gasteiger partial charge in [-0.3, -0.25) is 9.59 Å². The number of allylic oxidation sites excluding steroid dienone is 1. The Morgan fingerprint density at radius 3 is 2.48 bits per heavy atom. The molecule has 2 aliphatic rings. The van der Waals surface area contributed by atoms with Crippen LogP contribution in [0.3, 0.4) is 0 Å². The van der Waals surface area contributed by atoms with E-state index in [1.54, 1.807) is 4.90 Å². The van der Waals surface area contributed by atoms with E-state index in [1.165, 1.54) is 31.3 Å². The number of nitrogens with one attached hydrogen (secondary N) is 1. The van der Waals surface area contributed by atoms with Gasteiger partial charge in [-0.1, -0.05) is 11.6 Å². The summed E-state index contributed by atoms with van der Waals surface area (Å²) in [5, 5.41) is 2.99. The van der Waals surface area contributed by atoms with Crippen LogP contribution in [0.15, 0.2) is 11.6 Å². The zero-order chi connectivity index (χ0) is 15.3. The minimum Gasteiger partial charge on any atom is -0.355 e. The normalized spacial score (nSPS) is 19.6. The van der Waals surface area contributed by atoms with Crippen molar-refractivity contribution in [2.45, 2.75) is 58.8 Å². The molecule has 1 N–H and O–H groups in total. The summed E-state index contributed by atoms with van der Waals surface area (Å²) in [5.41, 5.74) is 0.717. The lowest BCUT2D eigenvalue weighted by Gasteiger charge is -2.24. The number of hydrogen-bond acceptors (Lipinski definition) is 2. The molecule has 1 fully saturated rings. The van der Waals surface area contributed by atoms with Crippen LogP contribution in [-0.2, 0) is 9.59 Å². The average Bonchev–Trinajstić information content (AvgIpc) is 3.31. The van der Waals surface area contributed by atoms with E-state index in [0.29, 0.717) is 32.5 Å². The SMILES string of the molecule is CCN(CC)C(=O)C1(C(=O)NCCC2=CCCCC2)CC1. The van der Waals surface area contributed by atoms with Crippen LogP contribution in [0.1, 0.15) is 58.8 Å². The van der Waals surface area contributed by atoms with Crippen molar-refractivity contribution >= 4 is 11.8 Å². The first-order valence-electron chi connectivity index (χ1n) is 8.39. The van der Waals surface area contributed by atoms with Crippen LogP contribution in [0.4, 0.5) is 0 Å². The van der Waals surface area contributed by atoms with Crippen LogP contribution in [0.2, 0.25) is 0 Å². The van der Waals surface area contributed by atoms with Gasteiger partial charge in [-0.2, -0.15) is 0 Å². The summed E-state index contributed by atoms with van der Waals surface area (Å²) in [4.78, 5) is 26.6. The van der Waals surface area contributed by atoms with Crippen molar-refractivity contribution < 1.29 is 9.59 Å². The first-order valence-corrected chi connectivity index (χ1v) is 8.39. The molecule has 0 aromatic rings. The van der Waals surface area contributed by atoms with Crippen LogP contribution in [0.5, 0.6) is 0 Å². The van der Waals surface area contributed by atoms with Gasteiger partial charge in [0.05, 0.1) is 0 Å². The van der Waals surface area contributed by atoms with Crippen molar-refractivity contribution in [3.8, 4) is 0 Å². The van der Waals surface area contributed by atoms with Crippen LogP contribution in [0, 0.1) is 5.41 Å². The predicted octanol–water partition coefficient (Wildman–Crippen LogP) is 2.64. The molecule has 0 heterocycles. The van der Waals surface area contributed by atoms with Crippen molar-refractivity contribution in [2.24, 2.45) is 5.41 Å². The standard InChI is InChI=1S/C17H28N2O2/c1-3-19(4-2)16(21)17(11-12-17)15(20)18-13-10-14-8-6-5-7-9-14/h8H,3-7,9-13H2,1-2H3,(H,18,20). The molecule has 0 bridgehead atoms. The Bertz CT molecular complexity index is 421. The summed E-state index contributed by atoms with van der Waals surface area (Å²) in [6, 6.07) is 0. The molecule has 4 heteroatoms. The lowest BCUT2D eigenvalue weighted by Crippen LogP contribution is -2.45. The fraction of sp³-hybridized carbons (Fsp3) is 0.765. The third kappa shape index (κ3) is 3.66. The Kier molecular flexibility index (Phi) is 5.43. The van der Waals surface area contributed by atoms with Crippen molar-refractivity contribution in [2.75, 3.05) is 19.6 Å². The number of carbonyl (C=O) groups is 2. The minimum absolute atomic E-state index is 0.0156. The second kappa shape index (κ2) is 7.10. The molecule has 0 aromatic heterocycles. The Hall–Kier alpha value is -1.32. The van der Waals surface area contributed by atoms with E-state index in [1.807, 2.05) is 13.8 Å². The molecule has 118 valence electrons. The van der Waals surface area contributed by atoms with Crippen LogP contribution < -0.4 is 5.32 Å². The third-order valence-corrected chi connectivity index (χ3v) is 4.76. The van der Waals surface area contributed by atoms with Gasteiger partial charge < -0.3 is 10.2 Å². The van der Waals surface area contributed by atoms with Gasteiger partial charge in [0.15, 0.2) is 0 Å². The van der Waals surface area contributed by atoms with Gasteiger partial charge in [0.1, 0.15) is 5.41 Å². The van der Waals surface area contributed by atoms with Gasteiger partial charge in [0.2, 0.25) is 11.8 Å². The van der Waals surface area contributed by atoms with E-state index in [2.05, 4.69) is 11.4 Å². The minimum atomic E-state index is -0.743. The first kappa shape index (κ1) is 16.1. The van der Waals surface area contributed by atoms with E-state index in [4.69, 9.17) is 0 Å². The Balaban J connectivity index is 1.82. The number of rotatable bonds is 7. The fourth-order valence-electron chi connectivity index (χ4n) is 3.11. The topological polar surface area (TPSA) is 49.4 Å². The smallest absolute Gasteiger partial charge is 0.238 e. The average molecular weight is 292 g/mol. The molecule has 2 aliphatic carbocycles. The maximum absolute atomic E-state index is 12.4. The highest BCUT2D eigenvalue weighted by Crippen LogP contribution is 2.47. The van der Waals surface area contributed by atoms with Crippen molar-refractivity contribution in [3.63, 3.8) is 0 Å². The molecule has 0 spiro atoms. The summed E-state index contributed by atoms with van der Waals surface area (Å²) in [5.74, 6) is -0.0438. The molecule has 21 heavy (non-hydrogen) atoms. The number of amides is 2. The number of nitrogens with zero attached hydrogens (tertiary/aromatic N) is 1. The van der Waals surface area contributed by atoms with E-state index in [-0.39, 0.29) is 11.8 Å². The molecular formula is C17H28N2O2. The lowest BCUT2D eigenvalue weighted by molar-refractivity contribution is -0.143. The molecule has 0 radical (unpaired) electrons.